The molecule has 2 N–H and O–H groups in total. The van der Waals surface area contributed by atoms with Gasteiger partial charge in [0.1, 0.15) is 0 Å². The molecule has 0 atom stereocenters. The van der Waals surface area contributed by atoms with Gasteiger partial charge in [0.15, 0.2) is 23.3 Å². The van der Waals surface area contributed by atoms with E-state index in [4.69, 9.17) is 31.8 Å². The van der Waals surface area contributed by atoms with E-state index in [9.17, 15) is 9.59 Å². The molecule has 0 aromatic heterocycles. The molecule has 1 saturated heterocycles. The van der Waals surface area contributed by atoms with Gasteiger partial charge in [-0.1, -0.05) is 48.0 Å². The highest BCUT2D eigenvalue weighted by atomic mass is 35.5. The minimum absolute atomic E-state index is 0.202. The Kier molecular flexibility index (Phi) is 7.20. The Morgan fingerprint density at radius 2 is 1.79 bits per heavy atom. The van der Waals surface area contributed by atoms with Crippen molar-refractivity contribution in [2.45, 2.75) is 0 Å². The highest BCUT2D eigenvalue weighted by molar-refractivity contribution is 8.19. The topological polar surface area (TPSA) is 94.2 Å². The number of ether oxygens (including phenoxy) is 2. The normalized spacial score (nSPS) is 15.7. The van der Waals surface area contributed by atoms with E-state index in [0.717, 1.165) is 5.69 Å². The van der Waals surface area contributed by atoms with Crippen LogP contribution in [0.25, 0.3) is 6.08 Å². The van der Waals surface area contributed by atoms with Crippen LogP contribution in [0.5, 0.6) is 11.5 Å². The first-order valence-electron chi connectivity index (χ1n) is 10.2. The third-order valence-corrected chi connectivity index (χ3v) is 5.96. The van der Waals surface area contributed by atoms with Crippen molar-refractivity contribution in [2.24, 2.45) is 10.7 Å². The van der Waals surface area contributed by atoms with Crippen LogP contribution in [0.4, 0.5) is 11.4 Å². The smallest absolute Gasteiger partial charge is 0.271 e. The largest absolute Gasteiger partial charge is 0.493 e. The van der Waals surface area contributed by atoms with Crippen LogP contribution in [-0.2, 0) is 9.59 Å². The molecule has 0 unspecified atom stereocenters. The first-order chi connectivity index (χ1) is 16.5. The van der Waals surface area contributed by atoms with Crippen molar-refractivity contribution >= 4 is 57.8 Å². The third-order valence-electron chi connectivity index (χ3n) is 4.71. The zero-order valence-corrected chi connectivity index (χ0v) is 19.7. The lowest BCUT2D eigenvalue weighted by molar-refractivity contribution is -0.120. The summed E-state index contributed by atoms with van der Waals surface area (Å²) < 4.78 is 10.7. The van der Waals surface area contributed by atoms with Crippen molar-refractivity contribution in [3.8, 4) is 11.5 Å². The molecule has 0 saturated carbocycles. The number of rotatable bonds is 7. The van der Waals surface area contributed by atoms with Gasteiger partial charge in [-0.25, -0.2) is 4.99 Å². The molecule has 9 heteroatoms. The SMILES string of the molecule is COc1cc(/C=C2\SC(=Nc3ccccc3)N(c3ccccc3)C2=O)cc(Cl)c1OCC(N)=O. The molecule has 172 valence electrons. The minimum atomic E-state index is -0.636. The molecule has 1 heterocycles. The molecule has 7 nitrogen and oxygen atoms in total. The van der Waals surface area contributed by atoms with Gasteiger partial charge in [0.25, 0.3) is 11.8 Å². The summed E-state index contributed by atoms with van der Waals surface area (Å²) in [6.45, 7) is -0.337. The maximum Gasteiger partial charge on any atom is 0.271 e. The number of nitrogens with two attached hydrogens (primary N) is 1. The molecular formula is C25H20ClN3O4S. The molecule has 2 amide bonds. The quantitative estimate of drug-likeness (QED) is 0.466. The van der Waals surface area contributed by atoms with Gasteiger partial charge >= 0.3 is 0 Å². The van der Waals surface area contributed by atoms with Crippen LogP contribution in [-0.4, -0.2) is 30.7 Å². The van der Waals surface area contributed by atoms with E-state index < -0.39 is 5.91 Å². The Balaban J connectivity index is 1.72. The Bertz CT molecular complexity index is 1280. The van der Waals surface area contributed by atoms with Gasteiger partial charge in [-0.2, -0.15) is 0 Å². The van der Waals surface area contributed by atoms with Gasteiger partial charge in [0.05, 0.1) is 28.4 Å². The van der Waals surface area contributed by atoms with Gasteiger partial charge < -0.3 is 15.2 Å². The maximum atomic E-state index is 13.4. The van der Waals surface area contributed by atoms with Crippen LogP contribution in [0.15, 0.2) is 82.7 Å². The molecule has 0 bridgehead atoms. The average Bonchev–Trinajstić information content (AvgIpc) is 3.13. The van der Waals surface area contributed by atoms with Crippen LogP contribution >= 0.6 is 23.4 Å². The summed E-state index contributed by atoms with van der Waals surface area (Å²) >= 11 is 7.63. The van der Waals surface area contributed by atoms with Crippen LogP contribution in [0, 0.1) is 0 Å². The van der Waals surface area contributed by atoms with E-state index >= 15 is 0 Å². The van der Waals surface area contributed by atoms with Crippen molar-refractivity contribution in [3.05, 3.63) is 88.3 Å². The molecule has 3 aromatic rings. The summed E-state index contributed by atoms with van der Waals surface area (Å²) in [5, 5.41) is 0.758. The number of hydrogen-bond donors (Lipinski definition) is 1. The van der Waals surface area contributed by atoms with Crippen molar-refractivity contribution in [1.29, 1.82) is 0 Å². The Morgan fingerprint density at radius 3 is 2.44 bits per heavy atom. The number of para-hydroxylation sites is 2. The van der Waals surface area contributed by atoms with E-state index in [1.165, 1.54) is 18.9 Å². The maximum absolute atomic E-state index is 13.4. The summed E-state index contributed by atoms with van der Waals surface area (Å²) in [6.07, 6.45) is 1.71. The lowest BCUT2D eigenvalue weighted by Gasteiger charge is -2.15. The number of thioether (sulfide) groups is 1. The Morgan fingerprint density at radius 1 is 1.12 bits per heavy atom. The number of amides is 2. The Labute approximate surface area is 205 Å². The fraction of sp³-hybridized carbons (Fsp3) is 0.0800. The minimum Gasteiger partial charge on any atom is -0.493 e. The molecule has 1 fully saturated rings. The predicted molar refractivity (Wildman–Crippen MR) is 136 cm³/mol. The van der Waals surface area contributed by atoms with Gasteiger partial charge in [-0.15, -0.1) is 0 Å². The van der Waals surface area contributed by atoms with Crippen LogP contribution in [0.3, 0.4) is 0 Å². The standard InChI is InChI=1S/C25H20ClN3O4S/c1-32-20-13-16(12-19(26)23(20)33-15-22(27)30)14-21-24(31)29(18-10-6-3-7-11-18)25(34-21)28-17-8-4-2-5-9-17/h2-14H,15H2,1H3,(H2,27,30)/b21-14-,28-25?. The van der Waals surface area contributed by atoms with Crippen molar-refractivity contribution < 1.29 is 19.1 Å². The second-order valence-electron chi connectivity index (χ2n) is 7.11. The van der Waals surface area contributed by atoms with E-state index in [2.05, 4.69) is 0 Å². The van der Waals surface area contributed by atoms with Crippen LogP contribution in [0.1, 0.15) is 5.56 Å². The van der Waals surface area contributed by atoms with Crippen molar-refractivity contribution in [2.75, 3.05) is 18.6 Å². The molecule has 34 heavy (non-hydrogen) atoms. The van der Waals surface area contributed by atoms with Crippen LogP contribution < -0.4 is 20.1 Å². The number of carbonyl (C=O) groups is 2. The number of aliphatic imine (C=N–C) groups is 1. The van der Waals surface area contributed by atoms with Crippen molar-refractivity contribution in [1.82, 2.24) is 0 Å². The van der Waals surface area contributed by atoms with E-state index in [0.29, 0.717) is 27.1 Å². The zero-order chi connectivity index (χ0) is 24.1. The first kappa shape index (κ1) is 23.4. The van der Waals surface area contributed by atoms with Gasteiger partial charge in [0.2, 0.25) is 0 Å². The number of amidine groups is 1. The molecule has 1 aliphatic heterocycles. The highest BCUT2D eigenvalue weighted by Crippen LogP contribution is 2.40. The van der Waals surface area contributed by atoms with Gasteiger partial charge in [0, 0.05) is 0 Å². The molecule has 4 rings (SSSR count). The van der Waals surface area contributed by atoms with Gasteiger partial charge in [-0.3, -0.25) is 14.5 Å². The lowest BCUT2D eigenvalue weighted by atomic mass is 10.1. The fourth-order valence-electron chi connectivity index (χ4n) is 3.22. The predicted octanol–water partition coefficient (Wildman–Crippen LogP) is 5.02. The Hall–Kier alpha value is -3.75. The van der Waals surface area contributed by atoms with E-state index in [-0.39, 0.29) is 23.3 Å². The molecule has 3 aromatic carbocycles. The van der Waals surface area contributed by atoms with E-state index in [1.807, 2.05) is 60.7 Å². The summed E-state index contributed by atoms with van der Waals surface area (Å²) in [4.78, 5) is 31.2. The van der Waals surface area contributed by atoms with Gasteiger partial charge in [-0.05, 0) is 59.8 Å². The summed E-state index contributed by atoms with van der Waals surface area (Å²) in [5.74, 6) is -0.333. The van der Waals surface area contributed by atoms with Crippen molar-refractivity contribution in [3.63, 3.8) is 0 Å². The number of anilines is 1. The molecular weight excluding hydrogens is 474 g/mol. The number of primary amides is 1. The fourth-order valence-corrected chi connectivity index (χ4v) is 4.50. The monoisotopic (exact) mass is 493 g/mol. The number of methoxy groups -OCH3 is 1. The molecule has 1 aliphatic rings. The summed E-state index contributed by atoms with van der Waals surface area (Å²) in [6, 6.07) is 22.1. The molecule has 0 aliphatic carbocycles. The zero-order valence-electron chi connectivity index (χ0n) is 18.1. The third kappa shape index (κ3) is 5.24. The number of carbonyl (C=O) groups excluding carboxylic acids is 2. The lowest BCUT2D eigenvalue weighted by Crippen LogP contribution is -2.28. The summed E-state index contributed by atoms with van der Waals surface area (Å²) in [7, 11) is 1.46. The van der Waals surface area contributed by atoms with E-state index in [1.54, 1.807) is 23.1 Å². The second-order valence-corrected chi connectivity index (χ2v) is 8.52. The number of halogens is 1. The average molecular weight is 494 g/mol. The highest BCUT2D eigenvalue weighted by Gasteiger charge is 2.34. The number of benzene rings is 3. The summed E-state index contributed by atoms with van der Waals surface area (Å²) in [5.41, 5.74) is 7.22. The molecule has 0 radical (unpaired) electrons. The van der Waals surface area contributed by atoms with Crippen LogP contribution in [0.2, 0.25) is 5.02 Å². The molecule has 0 spiro atoms. The number of nitrogens with zero attached hydrogens (tertiary/aromatic N) is 2. The second kappa shape index (κ2) is 10.5. The number of hydrogen-bond acceptors (Lipinski definition) is 6. The first-order valence-corrected chi connectivity index (χ1v) is 11.4.